The van der Waals surface area contributed by atoms with E-state index in [2.05, 4.69) is 16.0 Å². The second kappa shape index (κ2) is 15.8. The molecular formula is C32H37N3O6. The summed E-state index contributed by atoms with van der Waals surface area (Å²) in [6.07, 6.45) is -0.267. The molecule has 0 aliphatic heterocycles. The summed E-state index contributed by atoms with van der Waals surface area (Å²) >= 11 is 0. The van der Waals surface area contributed by atoms with E-state index >= 15 is 0 Å². The van der Waals surface area contributed by atoms with Crippen LogP contribution in [0.4, 0.5) is 4.79 Å². The van der Waals surface area contributed by atoms with Crippen LogP contribution < -0.4 is 16.0 Å². The number of benzene rings is 3. The van der Waals surface area contributed by atoms with Crippen molar-refractivity contribution in [1.29, 1.82) is 0 Å². The Labute approximate surface area is 240 Å². The summed E-state index contributed by atoms with van der Waals surface area (Å²) in [5.41, 5.74) is 2.36. The number of alkyl carbamates (subject to hydrolysis) is 1. The summed E-state index contributed by atoms with van der Waals surface area (Å²) in [6, 6.07) is 24.1. The molecule has 0 heterocycles. The van der Waals surface area contributed by atoms with Crippen LogP contribution in [0.2, 0.25) is 0 Å². The minimum Gasteiger partial charge on any atom is -0.480 e. The maximum Gasteiger partial charge on any atom is 0.408 e. The number of rotatable bonds is 14. The lowest BCUT2D eigenvalue weighted by molar-refractivity contribution is -0.142. The number of amides is 3. The van der Waals surface area contributed by atoms with Crippen molar-refractivity contribution in [3.63, 3.8) is 0 Å². The molecule has 0 spiro atoms. The molecule has 3 aromatic carbocycles. The number of carboxylic acids is 1. The first-order valence-corrected chi connectivity index (χ1v) is 13.6. The molecule has 0 aromatic heterocycles. The second-order valence-electron chi connectivity index (χ2n) is 10.2. The van der Waals surface area contributed by atoms with Gasteiger partial charge in [-0.1, -0.05) is 105 Å². The van der Waals surface area contributed by atoms with E-state index in [9.17, 15) is 24.3 Å². The third-order valence-electron chi connectivity index (χ3n) is 6.34. The topological polar surface area (TPSA) is 134 Å². The van der Waals surface area contributed by atoms with Crippen LogP contribution in [-0.4, -0.2) is 47.1 Å². The van der Waals surface area contributed by atoms with Gasteiger partial charge in [0, 0.05) is 12.8 Å². The predicted octanol–water partition coefficient (Wildman–Crippen LogP) is 3.87. The van der Waals surface area contributed by atoms with Crippen LogP contribution >= 0.6 is 0 Å². The summed E-state index contributed by atoms with van der Waals surface area (Å²) in [4.78, 5) is 51.4. The van der Waals surface area contributed by atoms with Crippen LogP contribution in [0.15, 0.2) is 91.0 Å². The smallest absolute Gasteiger partial charge is 0.408 e. The lowest BCUT2D eigenvalue weighted by Gasteiger charge is -2.25. The van der Waals surface area contributed by atoms with Crippen molar-refractivity contribution in [2.45, 2.75) is 57.8 Å². The average Bonchev–Trinajstić information content (AvgIpc) is 2.96. The van der Waals surface area contributed by atoms with Gasteiger partial charge in [0.25, 0.3) is 0 Å². The summed E-state index contributed by atoms with van der Waals surface area (Å²) < 4.78 is 5.34. The average molecular weight is 560 g/mol. The van der Waals surface area contributed by atoms with Crippen molar-refractivity contribution in [2.24, 2.45) is 5.92 Å². The van der Waals surface area contributed by atoms with Crippen LogP contribution in [-0.2, 0) is 38.6 Å². The molecule has 3 atom stereocenters. The molecule has 0 aliphatic carbocycles. The van der Waals surface area contributed by atoms with E-state index in [-0.39, 0.29) is 31.8 Å². The number of carboxylic acid groups (broad SMARTS) is 1. The molecule has 3 aromatic rings. The van der Waals surface area contributed by atoms with Gasteiger partial charge >= 0.3 is 12.1 Å². The first-order valence-electron chi connectivity index (χ1n) is 13.6. The number of aliphatic carboxylic acids is 1. The Balaban J connectivity index is 1.78. The van der Waals surface area contributed by atoms with Crippen LogP contribution in [0, 0.1) is 5.92 Å². The molecule has 41 heavy (non-hydrogen) atoms. The maximum absolute atomic E-state index is 13.6. The normalized spacial score (nSPS) is 13.0. The van der Waals surface area contributed by atoms with Crippen molar-refractivity contribution >= 4 is 23.9 Å². The highest BCUT2D eigenvalue weighted by molar-refractivity contribution is 5.93. The molecule has 0 radical (unpaired) electrons. The van der Waals surface area contributed by atoms with Gasteiger partial charge in [-0.15, -0.1) is 0 Å². The monoisotopic (exact) mass is 559 g/mol. The van der Waals surface area contributed by atoms with Crippen molar-refractivity contribution in [3.8, 4) is 0 Å². The summed E-state index contributed by atoms with van der Waals surface area (Å²) in [5, 5.41) is 17.6. The molecule has 0 saturated carbocycles. The standard InChI is InChI=1S/C32H37N3O6/c1-22(2)18-28(31(38)39)34-29(36)26(19-23-12-6-3-7-13-23)33-30(37)27(20-24-14-8-4-9-15-24)35-32(40)41-21-25-16-10-5-11-17-25/h3-17,22,26-28H,18-21H2,1-2H3,(H,33,37)(H,34,36)(H,35,40)(H,38,39). The number of carbonyl (C=O) groups excluding carboxylic acids is 3. The van der Waals surface area contributed by atoms with E-state index in [1.807, 2.05) is 105 Å². The molecule has 0 saturated heterocycles. The highest BCUT2D eigenvalue weighted by Gasteiger charge is 2.30. The fourth-order valence-corrected chi connectivity index (χ4v) is 4.26. The SMILES string of the molecule is CC(C)CC(NC(=O)C(Cc1ccccc1)NC(=O)C(Cc1ccccc1)NC(=O)OCc1ccccc1)C(=O)O. The van der Waals surface area contributed by atoms with Crippen molar-refractivity contribution in [3.05, 3.63) is 108 Å². The lowest BCUT2D eigenvalue weighted by Crippen LogP contribution is -2.57. The molecule has 4 N–H and O–H groups in total. The van der Waals surface area contributed by atoms with Gasteiger partial charge in [0.05, 0.1) is 0 Å². The van der Waals surface area contributed by atoms with E-state index < -0.39 is 42.0 Å². The quantitative estimate of drug-likeness (QED) is 0.237. The third kappa shape index (κ3) is 10.8. The molecule has 3 amide bonds. The highest BCUT2D eigenvalue weighted by atomic mass is 16.5. The lowest BCUT2D eigenvalue weighted by atomic mass is 10.0. The maximum atomic E-state index is 13.6. The van der Waals surface area contributed by atoms with Crippen LogP contribution in [0.1, 0.15) is 37.0 Å². The van der Waals surface area contributed by atoms with Gasteiger partial charge in [0.1, 0.15) is 24.7 Å². The molecule has 0 bridgehead atoms. The van der Waals surface area contributed by atoms with Gasteiger partial charge in [-0.3, -0.25) is 9.59 Å². The van der Waals surface area contributed by atoms with Crippen LogP contribution in [0.25, 0.3) is 0 Å². The van der Waals surface area contributed by atoms with Gasteiger partial charge in [0.2, 0.25) is 11.8 Å². The summed E-state index contributed by atoms with van der Waals surface area (Å²) in [5.74, 6) is -2.35. The largest absolute Gasteiger partial charge is 0.480 e. The first kappa shape index (κ1) is 30.9. The molecule has 0 aliphatic rings. The Morgan fingerprint density at radius 2 is 1.05 bits per heavy atom. The number of nitrogens with one attached hydrogen (secondary N) is 3. The van der Waals surface area contributed by atoms with Crippen molar-refractivity contribution in [2.75, 3.05) is 0 Å². The van der Waals surface area contributed by atoms with Gasteiger partial charge in [-0.25, -0.2) is 9.59 Å². The van der Waals surface area contributed by atoms with Gasteiger partial charge in [0.15, 0.2) is 0 Å². The highest BCUT2D eigenvalue weighted by Crippen LogP contribution is 2.10. The molecule has 0 fully saturated rings. The van der Waals surface area contributed by atoms with Crippen LogP contribution in [0.3, 0.4) is 0 Å². The Morgan fingerprint density at radius 1 is 0.634 bits per heavy atom. The van der Waals surface area contributed by atoms with E-state index in [1.165, 1.54) is 0 Å². The molecule has 9 heteroatoms. The zero-order valence-electron chi connectivity index (χ0n) is 23.3. The number of carbonyl (C=O) groups is 4. The Bertz CT molecular complexity index is 1270. The van der Waals surface area contributed by atoms with Crippen LogP contribution in [0.5, 0.6) is 0 Å². The fraction of sp³-hybridized carbons (Fsp3) is 0.312. The first-order chi connectivity index (χ1) is 19.7. The summed E-state index contributed by atoms with van der Waals surface area (Å²) in [7, 11) is 0. The second-order valence-corrected chi connectivity index (χ2v) is 10.2. The number of ether oxygens (including phenoxy) is 1. The molecule has 3 rings (SSSR count). The van der Waals surface area contributed by atoms with Crippen molar-refractivity contribution < 1.29 is 29.0 Å². The minimum absolute atomic E-state index is 0.0256. The van der Waals surface area contributed by atoms with E-state index in [1.54, 1.807) is 0 Å². The molecule has 9 nitrogen and oxygen atoms in total. The van der Waals surface area contributed by atoms with E-state index in [0.717, 1.165) is 16.7 Å². The summed E-state index contributed by atoms with van der Waals surface area (Å²) in [6.45, 7) is 3.75. The molecular weight excluding hydrogens is 522 g/mol. The van der Waals surface area contributed by atoms with Gasteiger partial charge < -0.3 is 25.8 Å². The van der Waals surface area contributed by atoms with Crippen molar-refractivity contribution in [1.82, 2.24) is 16.0 Å². The Morgan fingerprint density at radius 3 is 1.49 bits per heavy atom. The fourth-order valence-electron chi connectivity index (χ4n) is 4.26. The van der Waals surface area contributed by atoms with E-state index in [0.29, 0.717) is 0 Å². The number of hydrogen-bond donors (Lipinski definition) is 4. The zero-order chi connectivity index (χ0) is 29.6. The zero-order valence-corrected chi connectivity index (χ0v) is 23.3. The minimum atomic E-state index is -1.15. The number of hydrogen-bond acceptors (Lipinski definition) is 5. The third-order valence-corrected chi connectivity index (χ3v) is 6.34. The molecule has 3 unspecified atom stereocenters. The van der Waals surface area contributed by atoms with E-state index in [4.69, 9.17) is 4.74 Å². The van der Waals surface area contributed by atoms with Gasteiger partial charge in [-0.2, -0.15) is 0 Å². The Kier molecular flexibility index (Phi) is 11.9. The Hall–Kier alpha value is -4.66. The van der Waals surface area contributed by atoms with Gasteiger partial charge in [-0.05, 0) is 29.0 Å². The predicted molar refractivity (Wildman–Crippen MR) is 155 cm³/mol. The molecule has 216 valence electrons.